The average Bonchev–Trinajstić information content (AvgIpc) is 2.65. The van der Waals surface area contributed by atoms with Crippen molar-refractivity contribution in [2.45, 2.75) is 32.4 Å². The molecule has 1 aromatic heterocycles. The highest BCUT2D eigenvalue weighted by molar-refractivity contribution is 7.92. The van der Waals surface area contributed by atoms with Crippen LogP contribution in [0.3, 0.4) is 0 Å². The molecule has 3 rings (SSSR count). The predicted octanol–water partition coefficient (Wildman–Crippen LogP) is 6.67. The van der Waals surface area contributed by atoms with Gasteiger partial charge in [-0.1, -0.05) is 56.6 Å². The second kappa shape index (κ2) is 8.75. The molecule has 0 aliphatic rings. The molecule has 0 aliphatic heterocycles. The van der Waals surface area contributed by atoms with Crippen molar-refractivity contribution in [3.63, 3.8) is 0 Å². The number of nitrogens with one attached hydrogen (secondary N) is 1. The Morgan fingerprint density at radius 2 is 1.59 bits per heavy atom. The van der Waals surface area contributed by atoms with Gasteiger partial charge in [-0.3, -0.25) is 9.71 Å². The molecule has 1 heterocycles. The average molecular weight is 483 g/mol. The maximum atomic E-state index is 12.4. The zero-order valence-electron chi connectivity index (χ0n) is 17.7. The van der Waals surface area contributed by atoms with Gasteiger partial charge in [0.05, 0.1) is 5.02 Å². The van der Waals surface area contributed by atoms with E-state index in [1.54, 1.807) is 12.3 Å². The summed E-state index contributed by atoms with van der Waals surface area (Å²) >= 11 is 6.34. The highest BCUT2D eigenvalue weighted by Gasteiger charge is 2.35. The molecule has 0 aliphatic carbocycles. The van der Waals surface area contributed by atoms with E-state index in [2.05, 4.69) is 25.8 Å². The lowest BCUT2D eigenvalue weighted by Crippen LogP contribution is -2.27. The molecule has 9 heteroatoms. The Kier molecular flexibility index (Phi) is 6.58. The van der Waals surface area contributed by atoms with Gasteiger partial charge in [-0.25, -0.2) is 8.42 Å². The number of anilines is 1. The van der Waals surface area contributed by atoms with Gasteiger partial charge in [0, 0.05) is 28.6 Å². The first-order valence-electron chi connectivity index (χ1n) is 9.68. The van der Waals surface area contributed by atoms with E-state index in [0.717, 1.165) is 22.4 Å². The standard InChI is InChI=1S/C23H22ClF3N2O2S/c1-22(2,3)21-12-16(9-10-28-21)15-5-4-6-17(11-15)19-8-7-18(13-20(19)24)29-32(30,31)14-23(25,26)27/h4-13,29H,14H2,1-3H3. The highest BCUT2D eigenvalue weighted by Crippen LogP contribution is 2.34. The largest absolute Gasteiger partial charge is 0.404 e. The maximum absolute atomic E-state index is 12.4. The smallest absolute Gasteiger partial charge is 0.283 e. The van der Waals surface area contributed by atoms with Crippen LogP contribution in [0.15, 0.2) is 60.8 Å². The lowest BCUT2D eigenvalue weighted by Gasteiger charge is -2.18. The van der Waals surface area contributed by atoms with Gasteiger partial charge in [0.1, 0.15) is 0 Å². The third-order valence-corrected chi connectivity index (χ3v) is 6.20. The monoisotopic (exact) mass is 482 g/mol. The van der Waals surface area contributed by atoms with Crippen LogP contribution in [0.25, 0.3) is 22.3 Å². The van der Waals surface area contributed by atoms with Gasteiger partial charge in [0.2, 0.25) is 10.0 Å². The molecule has 32 heavy (non-hydrogen) atoms. The minimum absolute atomic E-state index is 0.0388. The van der Waals surface area contributed by atoms with Crippen molar-refractivity contribution < 1.29 is 21.6 Å². The van der Waals surface area contributed by atoms with Gasteiger partial charge in [0.15, 0.2) is 5.75 Å². The number of hydrogen-bond acceptors (Lipinski definition) is 3. The number of nitrogens with zero attached hydrogens (tertiary/aromatic N) is 1. The molecule has 0 amide bonds. The van der Waals surface area contributed by atoms with Gasteiger partial charge in [0.25, 0.3) is 0 Å². The Labute approximate surface area is 190 Å². The first kappa shape index (κ1) is 24.1. The summed E-state index contributed by atoms with van der Waals surface area (Å²) in [6.07, 6.45) is -3.08. The molecule has 1 N–H and O–H groups in total. The number of aromatic nitrogens is 1. The van der Waals surface area contributed by atoms with Crippen molar-refractivity contribution in [1.29, 1.82) is 0 Å². The fraction of sp³-hybridized carbons (Fsp3) is 0.261. The molecular formula is C23H22ClF3N2O2S. The SMILES string of the molecule is CC(C)(C)c1cc(-c2cccc(-c3ccc(NS(=O)(=O)CC(F)(F)F)cc3Cl)c2)ccn1. The summed E-state index contributed by atoms with van der Waals surface area (Å²) in [6.45, 7) is 6.25. The number of halogens is 4. The topological polar surface area (TPSA) is 59.1 Å². The Bertz CT molecular complexity index is 1240. The van der Waals surface area contributed by atoms with E-state index in [-0.39, 0.29) is 16.1 Å². The molecule has 2 aromatic carbocycles. The molecule has 0 spiro atoms. The first-order chi connectivity index (χ1) is 14.7. The number of alkyl halides is 3. The Hall–Kier alpha value is -2.58. The van der Waals surface area contributed by atoms with Crippen LogP contribution in [0, 0.1) is 0 Å². The summed E-state index contributed by atoms with van der Waals surface area (Å²) in [5, 5.41) is 0.208. The van der Waals surface area contributed by atoms with Crippen LogP contribution in [0.2, 0.25) is 5.02 Å². The zero-order valence-corrected chi connectivity index (χ0v) is 19.2. The number of benzene rings is 2. The lowest BCUT2D eigenvalue weighted by atomic mass is 9.89. The molecule has 0 fully saturated rings. The van der Waals surface area contributed by atoms with Crippen LogP contribution in [-0.4, -0.2) is 25.3 Å². The molecule has 3 aromatic rings. The molecule has 0 radical (unpaired) electrons. The molecule has 170 valence electrons. The number of hydrogen-bond donors (Lipinski definition) is 1. The van der Waals surface area contributed by atoms with E-state index in [0.29, 0.717) is 5.56 Å². The fourth-order valence-electron chi connectivity index (χ4n) is 3.13. The Balaban J connectivity index is 1.90. The lowest BCUT2D eigenvalue weighted by molar-refractivity contribution is -0.106. The van der Waals surface area contributed by atoms with Gasteiger partial charge < -0.3 is 0 Å². The van der Waals surface area contributed by atoms with Crippen molar-refractivity contribution in [1.82, 2.24) is 4.98 Å². The summed E-state index contributed by atoms with van der Waals surface area (Å²) in [5.74, 6) is -1.97. The highest BCUT2D eigenvalue weighted by atomic mass is 35.5. The molecule has 4 nitrogen and oxygen atoms in total. The van der Waals surface area contributed by atoms with E-state index < -0.39 is 22.0 Å². The minimum atomic E-state index is -4.84. The van der Waals surface area contributed by atoms with Crippen LogP contribution in [-0.2, 0) is 15.4 Å². The second-order valence-corrected chi connectivity index (χ2v) is 10.6. The van der Waals surface area contributed by atoms with E-state index in [4.69, 9.17) is 11.6 Å². The van der Waals surface area contributed by atoms with Crippen molar-refractivity contribution in [2.75, 3.05) is 10.5 Å². The number of sulfonamides is 1. The molecule has 0 bridgehead atoms. The number of pyridine rings is 1. The van der Waals surface area contributed by atoms with Gasteiger partial charge in [-0.15, -0.1) is 0 Å². The summed E-state index contributed by atoms with van der Waals surface area (Å²) in [7, 11) is -4.59. The van der Waals surface area contributed by atoms with Crippen LogP contribution < -0.4 is 4.72 Å². The van der Waals surface area contributed by atoms with Gasteiger partial charge in [-0.05, 0) is 47.0 Å². The fourth-order valence-corrected chi connectivity index (χ4v) is 4.41. The van der Waals surface area contributed by atoms with Crippen molar-refractivity contribution >= 4 is 27.3 Å². The van der Waals surface area contributed by atoms with Crippen LogP contribution in [0.1, 0.15) is 26.5 Å². The van der Waals surface area contributed by atoms with Crippen LogP contribution in [0.5, 0.6) is 0 Å². The summed E-state index contributed by atoms with van der Waals surface area (Å²) in [4.78, 5) is 4.44. The van der Waals surface area contributed by atoms with Crippen molar-refractivity contribution in [3.8, 4) is 22.3 Å². The molecular weight excluding hydrogens is 461 g/mol. The molecule has 0 saturated carbocycles. The van der Waals surface area contributed by atoms with E-state index >= 15 is 0 Å². The Morgan fingerprint density at radius 1 is 0.938 bits per heavy atom. The minimum Gasteiger partial charge on any atom is -0.283 e. The number of rotatable bonds is 5. The van der Waals surface area contributed by atoms with Crippen LogP contribution in [0.4, 0.5) is 18.9 Å². The van der Waals surface area contributed by atoms with E-state index in [1.807, 2.05) is 41.1 Å². The van der Waals surface area contributed by atoms with Crippen LogP contribution >= 0.6 is 11.6 Å². The zero-order chi connectivity index (χ0) is 23.7. The van der Waals surface area contributed by atoms with Crippen molar-refractivity contribution in [2.24, 2.45) is 0 Å². The maximum Gasteiger partial charge on any atom is 0.404 e. The Morgan fingerprint density at radius 3 is 2.22 bits per heavy atom. The normalized spacial score (nSPS) is 12.6. The first-order valence-corrected chi connectivity index (χ1v) is 11.7. The van der Waals surface area contributed by atoms with E-state index in [1.165, 1.54) is 12.1 Å². The van der Waals surface area contributed by atoms with Gasteiger partial charge >= 0.3 is 6.18 Å². The van der Waals surface area contributed by atoms with E-state index in [9.17, 15) is 21.6 Å². The van der Waals surface area contributed by atoms with Gasteiger partial charge in [-0.2, -0.15) is 13.2 Å². The molecule has 0 saturated heterocycles. The quantitative estimate of drug-likeness (QED) is 0.441. The predicted molar refractivity (Wildman–Crippen MR) is 122 cm³/mol. The van der Waals surface area contributed by atoms with Crippen molar-refractivity contribution in [3.05, 3.63) is 71.5 Å². The summed E-state index contributed by atoms with van der Waals surface area (Å²) in [5.41, 5.74) is 4.15. The summed E-state index contributed by atoms with van der Waals surface area (Å²) < 4.78 is 62.6. The molecule has 0 atom stereocenters. The third-order valence-electron chi connectivity index (χ3n) is 4.63. The second-order valence-electron chi connectivity index (χ2n) is 8.43. The third kappa shape index (κ3) is 6.23. The molecule has 0 unspecified atom stereocenters. The summed E-state index contributed by atoms with van der Waals surface area (Å²) in [6, 6.07) is 15.8.